The van der Waals surface area contributed by atoms with Crippen molar-refractivity contribution >= 4 is 23.2 Å². The van der Waals surface area contributed by atoms with Gasteiger partial charge in [-0.1, -0.05) is 48.5 Å². The van der Waals surface area contributed by atoms with E-state index >= 15 is 0 Å². The Morgan fingerprint density at radius 3 is 2.23 bits per heavy atom. The average Bonchev–Trinajstić information content (AvgIpc) is 3.20. The molecule has 30 heavy (non-hydrogen) atoms. The van der Waals surface area contributed by atoms with Gasteiger partial charge in [0.2, 0.25) is 11.8 Å². The summed E-state index contributed by atoms with van der Waals surface area (Å²) in [6.07, 6.45) is 0.178. The highest BCUT2D eigenvalue weighted by molar-refractivity contribution is 6.04. The molecule has 0 N–H and O–H groups in total. The van der Waals surface area contributed by atoms with E-state index in [4.69, 9.17) is 5.26 Å². The fourth-order valence-corrected chi connectivity index (χ4v) is 3.73. The number of hydrogen-bond acceptors (Lipinski definition) is 3. The summed E-state index contributed by atoms with van der Waals surface area (Å²) in [5.41, 5.74) is 3.10. The van der Waals surface area contributed by atoms with E-state index in [1.54, 1.807) is 34.1 Å². The van der Waals surface area contributed by atoms with Crippen LogP contribution in [0.25, 0.3) is 0 Å². The molecule has 148 valence electrons. The van der Waals surface area contributed by atoms with Crippen LogP contribution in [-0.4, -0.2) is 18.4 Å². The van der Waals surface area contributed by atoms with Crippen LogP contribution in [0.3, 0.4) is 0 Å². The lowest BCUT2D eigenvalue weighted by atomic mass is 10.1. The van der Waals surface area contributed by atoms with Crippen molar-refractivity contribution in [2.75, 3.05) is 16.3 Å². The fourth-order valence-electron chi connectivity index (χ4n) is 3.73. The number of amides is 2. The predicted molar refractivity (Wildman–Crippen MR) is 116 cm³/mol. The van der Waals surface area contributed by atoms with E-state index in [1.807, 2.05) is 60.7 Å². The molecule has 1 heterocycles. The van der Waals surface area contributed by atoms with E-state index in [-0.39, 0.29) is 18.2 Å². The van der Waals surface area contributed by atoms with Crippen molar-refractivity contribution in [3.05, 3.63) is 96.1 Å². The van der Waals surface area contributed by atoms with Crippen molar-refractivity contribution in [3.8, 4) is 6.07 Å². The molecule has 0 radical (unpaired) electrons. The maximum atomic E-state index is 13.5. The molecular formula is C25H21N3O2. The highest BCUT2D eigenvalue weighted by atomic mass is 16.2. The van der Waals surface area contributed by atoms with Crippen LogP contribution in [0, 0.1) is 17.2 Å². The quantitative estimate of drug-likeness (QED) is 0.652. The van der Waals surface area contributed by atoms with Gasteiger partial charge in [0, 0.05) is 24.3 Å². The Hall–Kier alpha value is -3.91. The number of rotatable bonds is 5. The minimum atomic E-state index is -0.419. The van der Waals surface area contributed by atoms with E-state index in [2.05, 4.69) is 6.07 Å². The van der Waals surface area contributed by atoms with Gasteiger partial charge in [-0.3, -0.25) is 9.59 Å². The molecule has 1 fully saturated rings. The van der Waals surface area contributed by atoms with Gasteiger partial charge >= 0.3 is 0 Å². The highest BCUT2D eigenvalue weighted by Gasteiger charge is 2.37. The minimum Gasteiger partial charge on any atom is -0.312 e. The van der Waals surface area contributed by atoms with Crippen molar-refractivity contribution in [1.82, 2.24) is 0 Å². The zero-order valence-corrected chi connectivity index (χ0v) is 16.4. The normalized spacial score (nSPS) is 15.6. The van der Waals surface area contributed by atoms with Gasteiger partial charge < -0.3 is 9.80 Å². The largest absolute Gasteiger partial charge is 0.312 e. The maximum Gasteiger partial charge on any atom is 0.232 e. The molecule has 3 aromatic carbocycles. The molecule has 1 unspecified atom stereocenters. The second-order valence-corrected chi connectivity index (χ2v) is 7.31. The topological polar surface area (TPSA) is 64.4 Å². The van der Waals surface area contributed by atoms with Gasteiger partial charge in [-0.2, -0.15) is 5.26 Å². The number of hydrogen-bond donors (Lipinski definition) is 0. The summed E-state index contributed by atoms with van der Waals surface area (Å²) in [5.74, 6) is -0.558. The van der Waals surface area contributed by atoms with Crippen molar-refractivity contribution in [2.45, 2.75) is 13.0 Å². The van der Waals surface area contributed by atoms with Crippen LogP contribution in [0.2, 0.25) is 0 Å². The summed E-state index contributed by atoms with van der Waals surface area (Å²) in [4.78, 5) is 29.5. The van der Waals surface area contributed by atoms with Gasteiger partial charge in [0.1, 0.15) is 0 Å². The lowest BCUT2D eigenvalue weighted by Gasteiger charge is -2.26. The Morgan fingerprint density at radius 2 is 1.60 bits per heavy atom. The van der Waals surface area contributed by atoms with Crippen LogP contribution in [0.5, 0.6) is 0 Å². The molecule has 5 nitrogen and oxygen atoms in total. The maximum absolute atomic E-state index is 13.5. The van der Waals surface area contributed by atoms with Crippen LogP contribution in [0.4, 0.5) is 11.4 Å². The average molecular weight is 395 g/mol. The summed E-state index contributed by atoms with van der Waals surface area (Å²) in [5, 5.41) is 8.97. The molecule has 0 saturated carbocycles. The molecular weight excluding hydrogens is 374 g/mol. The third-order valence-corrected chi connectivity index (χ3v) is 5.30. The Labute approximate surface area is 175 Å². The number of carbonyl (C=O) groups excluding carboxylic acids is 2. The van der Waals surface area contributed by atoms with E-state index < -0.39 is 5.92 Å². The first-order valence-electron chi connectivity index (χ1n) is 9.86. The standard InChI is InChI=1S/C25H21N3O2/c26-16-19-11-13-23(14-12-19)27-18-21(15-24(27)29)25(30)28(22-9-5-2-6-10-22)17-20-7-3-1-4-8-20/h1-14,21H,15,17-18H2. The van der Waals surface area contributed by atoms with Gasteiger partial charge in [-0.15, -0.1) is 0 Å². The zero-order valence-electron chi connectivity index (χ0n) is 16.4. The summed E-state index contributed by atoms with van der Waals surface area (Å²) in [7, 11) is 0. The van der Waals surface area contributed by atoms with E-state index in [0.717, 1.165) is 11.3 Å². The van der Waals surface area contributed by atoms with Gasteiger partial charge in [-0.25, -0.2) is 0 Å². The summed E-state index contributed by atoms with van der Waals surface area (Å²) >= 11 is 0. The Kier molecular flexibility index (Phi) is 5.58. The molecule has 1 aliphatic heterocycles. The van der Waals surface area contributed by atoms with Crippen LogP contribution in [0.15, 0.2) is 84.9 Å². The summed E-state index contributed by atoms with van der Waals surface area (Å²) < 4.78 is 0. The second kappa shape index (κ2) is 8.62. The Morgan fingerprint density at radius 1 is 0.967 bits per heavy atom. The van der Waals surface area contributed by atoms with Crippen LogP contribution < -0.4 is 9.80 Å². The van der Waals surface area contributed by atoms with Gasteiger partial charge in [0.25, 0.3) is 0 Å². The predicted octanol–water partition coefficient (Wildman–Crippen LogP) is 4.14. The Balaban J connectivity index is 1.57. The molecule has 3 aromatic rings. The third kappa shape index (κ3) is 4.08. The summed E-state index contributed by atoms with van der Waals surface area (Å²) in [6.45, 7) is 0.785. The smallest absolute Gasteiger partial charge is 0.232 e. The number of para-hydroxylation sites is 1. The lowest BCUT2D eigenvalue weighted by molar-refractivity contribution is -0.124. The van der Waals surface area contributed by atoms with Gasteiger partial charge in [-0.05, 0) is 42.0 Å². The lowest BCUT2D eigenvalue weighted by Crippen LogP contribution is -2.37. The SMILES string of the molecule is N#Cc1ccc(N2CC(C(=O)N(Cc3ccccc3)c3ccccc3)CC2=O)cc1. The van der Waals surface area contributed by atoms with Crippen LogP contribution in [0.1, 0.15) is 17.5 Å². The van der Waals surface area contributed by atoms with E-state index in [1.165, 1.54) is 0 Å². The first-order valence-corrected chi connectivity index (χ1v) is 9.86. The van der Waals surface area contributed by atoms with Crippen LogP contribution >= 0.6 is 0 Å². The molecule has 0 spiro atoms. The molecule has 0 aliphatic carbocycles. The first kappa shape index (κ1) is 19.4. The number of anilines is 2. The molecule has 2 amide bonds. The third-order valence-electron chi connectivity index (χ3n) is 5.30. The number of benzene rings is 3. The second-order valence-electron chi connectivity index (χ2n) is 7.31. The molecule has 5 heteroatoms. The zero-order chi connectivity index (χ0) is 20.9. The van der Waals surface area contributed by atoms with Crippen LogP contribution in [-0.2, 0) is 16.1 Å². The Bertz CT molecular complexity index is 1070. The van der Waals surface area contributed by atoms with Crippen molar-refractivity contribution in [2.24, 2.45) is 5.92 Å². The summed E-state index contributed by atoms with van der Waals surface area (Å²) in [6, 6.07) is 28.3. The van der Waals surface area contributed by atoms with Crippen molar-refractivity contribution in [1.29, 1.82) is 5.26 Å². The molecule has 0 bridgehead atoms. The number of nitrogens with zero attached hydrogens (tertiary/aromatic N) is 3. The number of nitriles is 1. The minimum absolute atomic E-state index is 0.0606. The highest BCUT2D eigenvalue weighted by Crippen LogP contribution is 2.29. The van der Waals surface area contributed by atoms with E-state index in [9.17, 15) is 9.59 Å². The molecule has 1 atom stereocenters. The molecule has 4 rings (SSSR count). The number of carbonyl (C=O) groups is 2. The molecule has 1 aliphatic rings. The fraction of sp³-hybridized carbons (Fsp3) is 0.160. The molecule has 0 aromatic heterocycles. The monoisotopic (exact) mass is 395 g/mol. The van der Waals surface area contributed by atoms with Crippen molar-refractivity contribution in [3.63, 3.8) is 0 Å². The first-order chi connectivity index (χ1) is 14.7. The van der Waals surface area contributed by atoms with E-state index in [0.29, 0.717) is 24.3 Å². The molecule has 1 saturated heterocycles. The van der Waals surface area contributed by atoms with Gasteiger partial charge in [0.15, 0.2) is 0 Å². The van der Waals surface area contributed by atoms with Gasteiger partial charge in [0.05, 0.1) is 24.1 Å². The van der Waals surface area contributed by atoms with Crippen molar-refractivity contribution < 1.29 is 9.59 Å².